The first-order valence-corrected chi connectivity index (χ1v) is 10.1. The molecule has 0 aliphatic heterocycles. The standard InChI is InChI=1S/C22H29ClN4O2/c1-17(18-9-4-3-5-10-18)29-16-8-13-26-22(24-2)27-15-14-25-21(28)19-11-6-7-12-20(19)23/h3-7,9-12,17H,8,13-16H2,1-2H3,(H,25,28)(H2,24,26,27). The van der Waals surface area contributed by atoms with Gasteiger partial charge in [0.1, 0.15) is 0 Å². The summed E-state index contributed by atoms with van der Waals surface area (Å²) in [5, 5.41) is 9.68. The second-order valence-corrected chi connectivity index (χ2v) is 6.85. The van der Waals surface area contributed by atoms with Crippen molar-refractivity contribution in [2.24, 2.45) is 4.99 Å². The predicted octanol–water partition coefficient (Wildman–Crippen LogP) is 3.40. The van der Waals surface area contributed by atoms with E-state index in [2.05, 4.69) is 40.0 Å². The molecule has 0 aromatic heterocycles. The van der Waals surface area contributed by atoms with E-state index in [0.29, 0.717) is 36.2 Å². The lowest BCUT2D eigenvalue weighted by Crippen LogP contribution is -2.42. The summed E-state index contributed by atoms with van der Waals surface area (Å²) in [6, 6.07) is 17.2. The van der Waals surface area contributed by atoms with Crippen LogP contribution in [0.3, 0.4) is 0 Å². The number of carbonyl (C=O) groups is 1. The van der Waals surface area contributed by atoms with Gasteiger partial charge in [-0.15, -0.1) is 0 Å². The third-order valence-corrected chi connectivity index (χ3v) is 4.63. The minimum Gasteiger partial charge on any atom is -0.374 e. The lowest BCUT2D eigenvalue weighted by molar-refractivity contribution is 0.0646. The van der Waals surface area contributed by atoms with Crippen LogP contribution in [0, 0.1) is 0 Å². The van der Waals surface area contributed by atoms with Gasteiger partial charge >= 0.3 is 0 Å². The van der Waals surface area contributed by atoms with Crippen molar-refractivity contribution in [1.82, 2.24) is 16.0 Å². The van der Waals surface area contributed by atoms with Crippen LogP contribution in [0.2, 0.25) is 5.02 Å². The SMILES string of the molecule is CN=C(NCCCOC(C)c1ccccc1)NCCNC(=O)c1ccccc1Cl. The highest BCUT2D eigenvalue weighted by Crippen LogP contribution is 2.16. The summed E-state index contributed by atoms with van der Waals surface area (Å²) in [7, 11) is 1.71. The number of aliphatic imine (C=N–C) groups is 1. The molecule has 1 atom stereocenters. The highest BCUT2D eigenvalue weighted by Gasteiger charge is 2.08. The van der Waals surface area contributed by atoms with E-state index in [0.717, 1.165) is 13.0 Å². The molecular formula is C22H29ClN4O2. The van der Waals surface area contributed by atoms with Crippen LogP contribution < -0.4 is 16.0 Å². The maximum atomic E-state index is 12.1. The van der Waals surface area contributed by atoms with Crippen LogP contribution in [0.25, 0.3) is 0 Å². The number of carbonyl (C=O) groups excluding carboxylic acids is 1. The van der Waals surface area contributed by atoms with Crippen LogP contribution in [-0.4, -0.2) is 45.2 Å². The highest BCUT2D eigenvalue weighted by atomic mass is 35.5. The predicted molar refractivity (Wildman–Crippen MR) is 119 cm³/mol. The van der Waals surface area contributed by atoms with Gasteiger partial charge in [-0.1, -0.05) is 54.1 Å². The number of benzene rings is 2. The largest absolute Gasteiger partial charge is 0.374 e. The van der Waals surface area contributed by atoms with E-state index >= 15 is 0 Å². The first-order valence-electron chi connectivity index (χ1n) is 9.75. The van der Waals surface area contributed by atoms with Crippen LogP contribution >= 0.6 is 11.6 Å². The molecule has 0 fully saturated rings. The molecule has 7 heteroatoms. The van der Waals surface area contributed by atoms with Gasteiger partial charge in [0.25, 0.3) is 5.91 Å². The summed E-state index contributed by atoms with van der Waals surface area (Å²) in [6.07, 6.45) is 0.941. The van der Waals surface area contributed by atoms with Gasteiger partial charge in [0, 0.05) is 33.3 Å². The Morgan fingerprint density at radius 2 is 1.66 bits per heavy atom. The fourth-order valence-corrected chi connectivity index (χ4v) is 2.90. The van der Waals surface area contributed by atoms with Crippen molar-refractivity contribution in [3.63, 3.8) is 0 Å². The summed E-state index contributed by atoms with van der Waals surface area (Å²) in [5.41, 5.74) is 1.65. The van der Waals surface area contributed by atoms with Crippen LogP contribution in [-0.2, 0) is 4.74 Å². The quantitative estimate of drug-likeness (QED) is 0.315. The van der Waals surface area contributed by atoms with Gasteiger partial charge in [-0.2, -0.15) is 0 Å². The molecule has 0 aliphatic rings. The zero-order valence-electron chi connectivity index (χ0n) is 17.0. The summed E-state index contributed by atoms with van der Waals surface area (Å²) in [4.78, 5) is 16.3. The normalized spacial score (nSPS) is 12.3. The minimum absolute atomic E-state index is 0.0790. The third-order valence-electron chi connectivity index (χ3n) is 4.30. The molecule has 0 bridgehead atoms. The molecule has 2 rings (SSSR count). The minimum atomic E-state index is -0.190. The van der Waals surface area contributed by atoms with E-state index in [-0.39, 0.29) is 12.0 Å². The number of hydrogen-bond donors (Lipinski definition) is 3. The van der Waals surface area contributed by atoms with E-state index < -0.39 is 0 Å². The van der Waals surface area contributed by atoms with E-state index in [9.17, 15) is 4.79 Å². The second-order valence-electron chi connectivity index (χ2n) is 6.44. The van der Waals surface area contributed by atoms with E-state index in [1.165, 1.54) is 5.56 Å². The molecule has 0 heterocycles. The molecule has 0 saturated heterocycles. The molecular weight excluding hydrogens is 388 g/mol. The Morgan fingerprint density at radius 3 is 2.38 bits per heavy atom. The fraction of sp³-hybridized carbons (Fsp3) is 0.364. The third kappa shape index (κ3) is 8.13. The van der Waals surface area contributed by atoms with Crippen molar-refractivity contribution >= 4 is 23.5 Å². The van der Waals surface area contributed by atoms with Crippen molar-refractivity contribution in [2.75, 3.05) is 33.3 Å². The molecule has 1 amide bonds. The molecule has 2 aromatic rings. The first-order chi connectivity index (χ1) is 14.1. The Morgan fingerprint density at radius 1 is 1.00 bits per heavy atom. The average Bonchev–Trinajstić information content (AvgIpc) is 2.75. The highest BCUT2D eigenvalue weighted by molar-refractivity contribution is 6.33. The first kappa shape index (κ1) is 22.7. The number of nitrogens with zero attached hydrogens (tertiary/aromatic N) is 1. The molecule has 29 heavy (non-hydrogen) atoms. The van der Waals surface area contributed by atoms with Crippen LogP contribution in [0.1, 0.15) is 35.4 Å². The van der Waals surface area contributed by atoms with Gasteiger partial charge in [0.2, 0.25) is 0 Å². The van der Waals surface area contributed by atoms with E-state index in [1.807, 2.05) is 18.2 Å². The monoisotopic (exact) mass is 416 g/mol. The van der Waals surface area contributed by atoms with Crippen molar-refractivity contribution in [1.29, 1.82) is 0 Å². The van der Waals surface area contributed by atoms with Crippen molar-refractivity contribution in [3.8, 4) is 0 Å². The number of hydrogen-bond acceptors (Lipinski definition) is 3. The molecule has 0 aliphatic carbocycles. The van der Waals surface area contributed by atoms with Crippen molar-refractivity contribution < 1.29 is 9.53 Å². The number of amides is 1. The molecule has 156 valence electrons. The lowest BCUT2D eigenvalue weighted by atomic mass is 10.1. The van der Waals surface area contributed by atoms with Crippen molar-refractivity contribution in [3.05, 3.63) is 70.7 Å². The zero-order chi connectivity index (χ0) is 20.9. The summed E-state index contributed by atoms with van der Waals surface area (Å²) in [6.45, 7) is 4.47. The number of guanidine groups is 1. The molecule has 3 N–H and O–H groups in total. The number of ether oxygens (including phenoxy) is 1. The van der Waals surface area contributed by atoms with Gasteiger partial charge in [0.15, 0.2) is 5.96 Å². The molecule has 6 nitrogen and oxygen atoms in total. The molecule has 0 saturated carbocycles. The van der Waals surface area contributed by atoms with Crippen molar-refractivity contribution in [2.45, 2.75) is 19.4 Å². The summed E-state index contributed by atoms with van der Waals surface area (Å²) < 4.78 is 5.86. The Labute approximate surface area is 177 Å². The van der Waals surface area contributed by atoms with Gasteiger partial charge in [-0.05, 0) is 31.0 Å². The number of nitrogens with one attached hydrogen (secondary N) is 3. The topological polar surface area (TPSA) is 74.8 Å². The zero-order valence-corrected chi connectivity index (χ0v) is 17.7. The van der Waals surface area contributed by atoms with Gasteiger partial charge in [-0.3, -0.25) is 9.79 Å². The smallest absolute Gasteiger partial charge is 0.252 e. The fourth-order valence-electron chi connectivity index (χ4n) is 2.68. The molecule has 0 spiro atoms. The van der Waals surface area contributed by atoms with Gasteiger partial charge < -0.3 is 20.7 Å². The maximum absolute atomic E-state index is 12.1. The van der Waals surface area contributed by atoms with Gasteiger partial charge in [0.05, 0.1) is 16.7 Å². The van der Waals surface area contributed by atoms with Gasteiger partial charge in [-0.25, -0.2) is 0 Å². The average molecular weight is 417 g/mol. The summed E-state index contributed by atoms with van der Waals surface area (Å²) >= 11 is 6.03. The second kappa shape index (κ2) is 12.8. The number of rotatable bonds is 10. The van der Waals surface area contributed by atoms with E-state index in [1.54, 1.807) is 31.3 Å². The Balaban J connectivity index is 1.57. The number of halogens is 1. The Hall–Kier alpha value is -2.57. The van der Waals surface area contributed by atoms with Crippen LogP contribution in [0.5, 0.6) is 0 Å². The van der Waals surface area contributed by atoms with Crippen LogP contribution in [0.4, 0.5) is 0 Å². The maximum Gasteiger partial charge on any atom is 0.252 e. The molecule has 0 radical (unpaired) electrons. The summed E-state index contributed by atoms with van der Waals surface area (Å²) in [5.74, 6) is 0.498. The Kier molecular flexibility index (Phi) is 10.0. The molecule has 1 unspecified atom stereocenters. The molecule has 2 aromatic carbocycles. The van der Waals surface area contributed by atoms with Crippen LogP contribution in [0.15, 0.2) is 59.6 Å². The Bertz CT molecular complexity index is 783. The lowest BCUT2D eigenvalue weighted by Gasteiger charge is -2.15. The van der Waals surface area contributed by atoms with E-state index in [4.69, 9.17) is 16.3 Å².